The second-order valence-electron chi connectivity index (χ2n) is 5.06. The molecule has 1 heterocycles. The normalized spacial score (nSPS) is 24.5. The first kappa shape index (κ1) is 17.8. The molecule has 0 aromatic rings. The predicted octanol–water partition coefficient (Wildman–Crippen LogP) is -3.12. The van der Waals surface area contributed by atoms with Gasteiger partial charge in [-0.3, -0.25) is 5.84 Å². The lowest BCUT2D eigenvalue weighted by Gasteiger charge is -2.23. The molecule has 0 radical (unpaired) electrons. The Bertz CT molecular complexity index is 396. The van der Waals surface area contributed by atoms with Gasteiger partial charge >= 0.3 is 7.12 Å². The highest BCUT2D eigenvalue weighted by Gasteiger charge is 2.38. The van der Waals surface area contributed by atoms with E-state index in [1.54, 1.807) is 0 Å². The molecular weight excluding hydrogens is 285 g/mol. The molecule has 2 atom stereocenters. The summed E-state index contributed by atoms with van der Waals surface area (Å²) in [5.74, 6) is 5.48. The lowest BCUT2D eigenvalue weighted by atomic mass is 9.82. The Morgan fingerprint density at radius 3 is 2.55 bits per heavy atom. The van der Waals surface area contributed by atoms with Crippen LogP contribution in [0.1, 0.15) is 12.8 Å². The summed E-state index contributed by atoms with van der Waals surface area (Å²) in [6, 6.07) is -0.271. The quantitative estimate of drug-likeness (QED) is 0.180. The SMILES string of the molecule is NCCN(N)S(=O)(=O)N1C[C@H](CCCB(O)O)[C@@H](N)C1. The van der Waals surface area contributed by atoms with Gasteiger partial charge in [0.1, 0.15) is 0 Å². The van der Waals surface area contributed by atoms with Gasteiger partial charge in [0.2, 0.25) is 0 Å². The van der Waals surface area contributed by atoms with E-state index in [1.807, 2.05) is 0 Å². The van der Waals surface area contributed by atoms with Gasteiger partial charge in [0.05, 0.1) is 0 Å². The van der Waals surface area contributed by atoms with Crippen molar-refractivity contribution >= 4 is 17.3 Å². The van der Waals surface area contributed by atoms with Crippen LogP contribution < -0.4 is 17.3 Å². The second-order valence-corrected chi connectivity index (χ2v) is 6.94. The summed E-state index contributed by atoms with van der Waals surface area (Å²) in [7, 11) is -5.06. The summed E-state index contributed by atoms with van der Waals surface area (Å²) >= 11 is 0. The molecular formula is C9H24BN5O4S. The van der Waals surface area contributed by atoms with Crippen LogP contribution in [-0.2, 0) is 10.2 Å². The molecule has 0 saturated carbocycles. The van der Waals surface area contributed by atoms with Gasteiger partial charge in [0.15, 0.2) is 0 Å². The molecule has 1 saturated heterocycles. The van der Waals surface area contributed by atoms with Gasteiger partial charge in [0, 0.05) is 32.2 Å². The van der Waals surface area contributed by atoms with Crippen LogP contribution in [0.15, 0.2) is 0 Å². The van der Waals surface area contributed by atoms with Crippen LogP contribution >= 0.6 is 0 Å². The molecule has 0 amide bonds. The summed E-state index contributed by atoms with van der Waals surface area (Å²) < 4.78 is 26.3. The lowest BCUT2D eigenvalue weighted by Crippen LogP contribution is -2.49. The Balaban J connectivity index is 2.55. The molecule has 0 spiro atoms. The standard InChI is InChI=1S/C9H24BN5O4S/c11-4-5-15(13)20(18,19)14-6-8(9(12)7-14)2-1-3-10(16)17/h8-9,16-17H,1-7,11-13H2/t8-,9-/m0/s1. The van der Waals surface area contributed by atoms with Crippen molar-refractivity contribution < 1.29 is 18.5 Å². The third kappa shape index (κ3) is 4.64. The number of nitrogens with two attached hydrogens (primary N) is 3. The highest BCUT2D eigenvalue weighted by atomic mass is 32.2. The Morgan fingerprint density at radius 1 is 1.35 bits per heavy atom. The molecule has 0 aromatic heterocycles. The van der Waals surface area contributed by atoms with E-state index < -0.39 is 17.3 Å². The van der Waals surface area contributed by atoms with Gasteiger partial charge in [-0.15, -0.1) is 4.41 Å². The fourth-order valence-electron chi connectivity index (χ4n) is 2.30. The van der Waals surface area contributed by atoms with Crippen molar-refractivity contribution in [3.8, 4) is 0 Å². The number of hydrogen-bond donors (Lipinski definition) is 5. The maximum Gasteiger partial charge on any atom is 0.451 e. The van der Waals surface area contributed by atoms with E-state index in [-0.39, 0.29) is 37.9 Å². The average Bonchev–Trinajstić information content (AvgIpc) is 2.71. The first-order chi connectivity index (χ1) is 9.28. The molecule has 0 aromatic carbocycles. The van der Waals surface area contributed by atoms with E-state index in [9.17, 15) is 8.42 Å². The van der Waals surface area contributed by atoms with Crippen LogP contribution in [0.2, 0.25) is 6.32 Å². The van der Waals surface area contributed by atoms with Gasteiger partial charge in [0.25, 0.3) is 10.2 Å². The van der Waals surface area contributed by atoms with Crippen molar-refractivity contribution in [2.75, 3.05) is 26.2 Å². The largest absolute Gasteiger partial charge is 0.451 e. The molecule has 9 nitrogen and oxygen atoms in total. The van der Waals surface area contributed by atoms with Crippen molar-refractivity contribution in [2.45, 2.75) is 25.2 Å². The average molecular weight is 309 g/mol. The Labute approximate surface area is 120 Å². The van der Waals surface area contributed by atoms with E-state index in [1.165, 1.54) is 4.31 Å². The third-order valence-electron chi connectivity index (χ3n) is 3.47. The number of nitrogens with zero attached hydrogens (tertiary/aromatic N) is 2. The van der Waals surface area contributed by atoms with Crippen molar-refractivity contribution in [1.29, 1.82) is 0 Å². The summed E-state index contributed by atoms with van der Waals surface area (Å²) in [5.41, 5.74) is 11.2. The minimum Gasteiger partial charge on any atom is -0.427 e. The minimum atomic E-state index is -3.72. The fraction of sp³-hybridized carbons (Fsp3) is 1.00. The fourth-order valence-corrected chi connectivity index (χ4v) is 3.68. The molecule has 0 aliphatic carbocycles. The molecule has 118 valence electrons. The van der Waals surface area contributed by atoms with Gasteiger partial charge in [-0.1, -0.05) is 6.42 Å². The maximum absolute atomic E-state index is 12.1. The van der Waals surface area contributed by atoms with Crippen LogP contribution in [0.3, 0.4) is 0 Å². The number of rotatable bonds is 8. The molecule has 8 N–H and O–H groups in total. The minimum absolute atomic E-state index is 0.00481. The van der Waals surface area contributed by atoms with E-state index in [2.05, 4.69) is 0 Å². The van der Waals surface area contributed by atoms with E-state index in [4.69, 9.17) is 27.4 Å². The summed E-state index contributed by atoms with van der Waals surface area (Å²) in [6.45, 7) is 0.707. The van der Waals surface area contributed by atoms with Crippen LogP contribution in [0.4, 0.5) is 0 Å². The molecule has 0 bridgehead atoms. The zero-order valence-electron chi connectivity index (χ0n) is 11.4. The van der Waals surface area contributed by atoms with E-state index >= 15 is 0 Å². The van der Waals surface area contributed by atoms with Crippen molar-refractivity contribution in [3.63, 3.8) is 0 Å². The topological polar surface area (TPSA) is 159 Å². The molecule has 11 heteroatoms. The molecule has 1 aliphatic rings. The zero-order valence-corrected chi connectivity index (χ0v) is 12.2. The van der Waals surface area contributed by atoms with Crippen LogP contribution in [0.25, 0.3) is 0 Å². The highest BCUT2D eigenvalue weighted by molar-refractivity contribution is 7.86. The molecule has 1 rings (SSSR count). The van der Waals surface area contributed by atoms with Gasteiger partial charge in [-0.05, 0) is 18.7 Å². The molecule has 1 fully saturated rings. The predicted molar refractivity (Wildman–Crippen MR) is 76.1 cm³/mol. The van der Waals surface area contributed by atoms with Gasteiger partial charge < -0.3 is 21.5 Å². The monoisotopic (exact) mass is 309 g/mol. The highest BCUT2D eigenvalue weighted by Crippen LogP contribution is 2.24. The Morgan fingerprint density at radius 2 is 2.00 bits per heavy atom. The lowest BCUT2D eigenvalue weighted by molar-refractivity contribution is 0.362. The zero-order chi connectivity index (χ0) is 15.3. The van der Waals surface area contributed by atoms with Gasteiger partial charge in [-0.25, -0.2) is 0 Å². The van der Waals surface area contributed by atoms with Gasteiger partial charge in [-0.2, -0.15) is 12.7 Å². The first-order valence-corrected chi connectivity index (χ1v) is 8.03. The Hall–Kier alpha value is -0.265. The summed E-state index contributed by atoms with van der Waals surface area (Å²) in [5, 5.41) is 17.6. The second kappa shape index (κ2) is 7.66. The third-order valence-corrected chi connectivity index (χ3v) is 5.19. The van der Waals surface area contributed by atoms with Crippen LogP contribution in [-0.4, -0.2) is 66.5 Å². The molecule has 20 heavy (non-hydrogen) atoms. The van der Waals surface area contributed by atoms with E-state index in [0.717, 1.165) is 4.41 Å². The number of hydrogen-bond acceptors (Lipinski definition) is 7. The van der Waals surface area contributed by atoms with Crippen LogP contribution in [0, 0.1) is 5.92 Å². The maximum atomic E-state index is 12.1. The molecule has 0 unspecified atom stereocenters. The van der Waals surface area contributed by atoms with Crippen molar-refractivity contribution in [3.05, 3.63) is 0 Å². The summed E-state index contributed by atoms with van der Waals surface area (Å²) in [6.07, 6.45) is 1.48. The summed E-state index contributed by atoms with van der Waals surface area (Å²) in [4.78, 5) is 0. The molecule has 1 aliphatic heterocycles. The smallest absolute Gasteiger partial charge is 0.427 e. The van der Waals surface area contributed by atoms with Crippen molar-refractivity contribution in [1.82, 2.24) is 8.72 Å². The van der Waals surface area contributed by atoms with Crippen LogP contribution in [0.5, 0.6) is 0 Å². The van der Waals surface area contributed by atoms with E-state index in [0.29, 0.717) is 19.4 Å². The van der Waals surface area contributed by atoms with Crippen molar-refractivity contribution in [2.24, 2.45) is 23.2 Å². The number of hydrazine groups is 1. The Kier molecular flexibility index (Phi) is 6.81. The first-order valence-electron chi connectivity index (χ1n) is 6.63.